The third-order valence-corrected chi connectivity index (χ3v) is 3.80. The van der Waals surface area contributed by atoms with E-state index >= 15 is 0 Å². The van der Waals surface area contributed by atoms with Crippen LogP contribution in [-0.2, 0) is 0 Å². The van der Waals surface area contributed by atoms with Gasteiger partial charge in [0.1, 0.15) is 0 Å². The summed E-state index contributed by atoms with van der Waals surface area (Å²) in [7, 11) is 2.16. The summed E-state index contributed by atoms with van der Waals surface area (Å²) in [5, 5.41) is 18.6. The lowest BCUT2D eigenvalue weighted by atomic mass is 9.91. The maximum absolute atomic E-state index is 9.30. The van der Waals surface area contributed by atoms with E-state index in [9.17, 15) is 10.2 Å². The average molecular weight is 230 g/mol. The zero-order chi connectivity index (χ0) is 12.3. The van der Waals surface area contributed by atoms with E-state index in [1.165, 1.54) is 0 Å². The SMILES string of the molecule is CC1CN(CC(C)(CO)CO)CC(C)N1C. The Bertz CT molecular complexity index is 207. The van der Waals surface area contributed by atoms with Gasteiger partial charge in [0, 0.05) is 37.1 Å². The molecule has 2 atom stereocenters. The van der Waals surface area contributed by atoms with Crippen molar-refractivity contribution in [3.8, 4) is 0 Å². The molecule has 1 fully saturated rings. The second-order valence-corrected chi connectivity index (χ2v) is 5.68. The normalized spacial score (nSPS) is 29.6. The lowest BCUT2D eigenvalue weighted by Crippen LogP contribution is -2.57. The minimum Gasteiger partial charge on any atom is -0.396 e. The van der Waals surface area contributed by atoms with Crippen LogP contribution in [0, 0.1) is 5.41 Å². The van der Waals surface area contributed by atoms with Crippen LogP contribution in [0.3, 0.4) is 0 Å². The number of likely N-dealkylation sites (N-methyl/N-ethyl adjacent to an activating group) is 1. The van der Waals surface area contributed by atoms with E-state index in [0.717, 1.165) is 19.6 Å². The summed E-state index contributed by atoms with van der Waals surface area (Å²) in [6.45, 7) is 9.24. The number of aliphatic hydroxyl groups excluding tert-OH is 2. The van der Waals surface area contributed by atoms with Crippen molar-refractivity contribution in [2.75, 3.05) is 39.9 Å². The molecule has 0 bridgehead atoms. The molecule has 2 unspecified atom stereocenters. The molecule has 0 aromatic rings. The molecule has 0 saturated carbocycles. The number of hydrogen-bond acceptors (Lipinski definition) is 4. The van der Waals surface area contributed by atoms with Gasteiger partial charge in [-0.15, -0.1) is 0 Å². The molecule has 96 valence electrons. The number of aliphatic hydroxyl groups is 2. The van der Waals surface area contributed by atoms with Gasteiger partial charge in [-0.3, -0.25) is 9.80 Å². The Balaban J connectivity index is 2.56. The van der Waals surface area contributed by atoms with Crippen LogP contribution in [0.5, 0.6) is 0 Å². The highest BCUT2D eigenvalue weighted by atomic mass is 16.3. The van der Waals surface area contributed by atoms with Crippen LogP contribution >= 0.6 is 0 Å². The summed E-state index contributed by atoms with van der Waals surface area (Å²) in [6.07, 6.45) is 0. The topological polar surface area (TPSA) is 46.9 Å². The highest BCUT2D eigenvalue weighted by molar-refractivity contribution is 4.86. The lowest BCUT2D eigenvalue weighted by Gasteiger charge is -2.45. The van der Waals surface area contributed by atoms with Gasteiger partial charge in [0.2, 0.25) is 0 Å². The van der Waals surface area contributed by atoms with Crippen molar-refractivity contribution >= 4 is 0 Å². The summed E-state index contributed by atoms with van der Waals surface area (Å²) < 4.78 is 0. The Morgan fingerprint density at radius 3 is 1.94 bits per heavy atom. The van der Waals surface area contributed by atoms with E-state index in [1.807, 2.05) is 6.92 Å². The quantitative estimate of drug-likeness (QED) is 0.714. The number of rotatable bonds is 4. The van der Waals surface area contributed by atoms with E-state index in [4.69, 9.17) is 0 Å². The Labute approximate surface area is 98.9 Å². The molecule has 1 rings (SSSR count). The fourth-order valence-corrected chi connectivity index (χ4v) is 2.33. The number of piperazine rings is 1. The van der Waals surface area contributed by atoms with Gasteiger partial charge in [-0.2, -0.15) is 0 Å². The molecule has 16 heavy (non-hydrogen) atoms. The minimum absolute atomic E-state index is 0.0403. The second-order valence-electron chi connectivity index (χ2n) is 5.68. The van der Waals surface area contributed by atoms with E-state index in [2.05, 4.69) is 30.7 Å². The predicted molar refractivity (Wildman–Crippen MR) is 65.4 cm³/mol. The molecule has 4 heteroatoms. The average Bonchev–Trinajstić information content (AvgIpc) is 2.25. The molecular weight excluding hydrogens is 204 g/mol. The van der Waals surface area contributed by atoms with Crippen molar-refractivity contribution in [2.45, 2.75) is 32.9 Å². The molecule has 0 aromatic heterocycles. The Morgan fingerprint density at radius 2 is 1.56 bits per heavy atom. The van der Waals surface area contributed by atoms with Crippen LogP contribution in [0.15, 0.2) is 0 Å². The van der Waals surface area contributed by atoms with Gasteiger partial charge < -0.3 is 10.2 Å². The van der Waals surface area contributed by atoms with Crippen LogP contribution < -0.4 is 0 Å². The van der Waals surface area contributed by atoms with Crippen molar-refractivity contribution in [1.29, 1.82) is 0 Å². The first-order valence-corrected chi connectivity index (χ1v) is 6.08. The Morgan fingerprint density at radius 1 is 1.12 bits per heavy atom. The zero-order valence-corrected chi connectivity index (χ0v) is 11.0. The highest BCUT2D eigenvalue weighted by Crippen LogP contribution is 2.20. The zero-order valence-electron chi connectivity index (χ0n) is 11.0. The molecule has 0 aliphatic carbocycles. The fraction of sp³-hybridized carbons (Fsp3) is 1.00. The van der Waals surface area contributed by atoms with E-state index in [0.29, 0.717) is 12.1 Å². The number of hydrogen-bond donors (Lipinski definition) is 2. The minimum atomic E-state index is -0.380. The van der Waals surface area contributed by atoms with Gasteiger partial charge in [-0.25, -0.2) is 0 Å². The van der Waals surface area contributed by atoms with Gasteiger partial charge in [0.05, 0.1) is 13.2 Å². The highest BCUT2D eigenvalue weighted by Gasteiger charge is 2.31. The van der Waals surface area contributed by atoms with Gasteiger partial charge >= 0.3 is 0 Å². The number of nitrogens with zero attached hydrogens (tertiary/aromatic N) is 2. The molecule has 0 amide bonds. The maximum Gasteiger partial charge on any atom is 0.0519 e. The first kappa shape index (κ1) is 13.9. The molecule has 2 N–H and O–H groups in total. The fourth-order valence-electron chi connectivity index (χ4n) is 2.33. The molecule has 0 radical (unpaired) electrons. The van der Waals surface area contributed by atoms with E-state index in [1.54, 1.807) is 0 Å². The van der Waals surface area contributed by atoms with Crippen LogP contribution in [-0.4, -0.2) is 72.0 Å². The maximum atomic E-state index is 9.30. The van der Waals surface area contributed by atoms with E-state index in [-0.39, 0.29) is 18.6 Å². The molecule has 1 aliphatic rings. The molecule has 1 saturated heterocycles. The van der Waals surface area contributed by atoms with Gasteiger partial charge in [-0.1, -0.05) is 6.92 Å². The largest absolute Gasteiger partial charge is 0.396 e. The molecular formula is C12H26N2O2. The van der Waals surface area contributed by atoms with Crippen LogP contribution in [0.1, 0.15) is 20.8 Å². The summed E-state index contributed by atoms with van der Waals surface area (Å²) in [5.74, 6) is 0. The Kier molecular flexibility index (Phi) is 4.73. The van der Waals surface area contributed by atoms with Crippen LogP contribution in [0.2, 0.25) is 0 Å². The molecule has 0 spiro atoms. The summed E-state index contributed by atoms with van der Waals surface area (Å²) in [6, 6.07) is 1.07. The Hall–Kier alpha value is -0.160. The summed E-state index contributed by atoms with van der Waals surface area (Å²) in [5.41, 5.74) is -0.380. The monoisotopic (exact) mass is 230 g/mol. The third kappa shape index (κ3) is 3.17. The predicted octanol–water partition coefficient (Wildman–Crippen LogP) is 0.00170. The van der Waals surface area contributed by atoms with Crippen molar-refractivity contribution in [3.05, 3.63) is 0 Å². The first-order chi connectivity index (χ1) is 7.41. The van der Waals surface area contributed by atoms with Crippen molar-refractivity contribution in [1.82, 2.24) is 9.80 Å². The van der Waals surface area contributed by atoms with Gasteiger partial charge in [-0.05, 0) is 20.9 Å². The molecule has 1 aliphatic heterocycles. The molecule has 4 nitrogen and oxygen atoms in total. The van der Waals surface area contributed by atoms with Crippen molar-refractivity contribution in [2.24, 2.45) is 5.41 Å². The lowest BCUT2D eigenvalue weighted by molar-refractivity contribution is -0.00445. The van der Waals surface area contributed by atoms with Crippen LogP contribution in [0.4, 0.5) is 0 Å². The van der Waals surface area contributed by atoms with Crippen molar-refractivity contribution in [3.63, 3.8) is 0 Å². The third-order valence-electron chi connectivity index (χ3n) is 3.80. The molecule has 0 aromatic carbocycles. The second kappa shape index (κ2) is 5.45. The summed E-state index contributed by atoms with van der Waals surface area (Å²) >= 11 is 0. The smallest absolute Gasteiger partial charge is 0.0519 e. The first-order valence-electron chi connectivity index (χ1n) is 6.08. The standard InChI is InChI=1S/C12H26N2O2/c1-10-5-14(6-11(2)13(10)4)7-12(3,8-15)9-16/h10-11,15-16H,5-9H2,1-4H3. The van der Waals surface area contributed by atoms with Crippen LogP contribution in [0.25, 0.3) is 0 Å². The van der Waals surface area contributed by atoms with Gasteiger partial charge in [0.15, 0.2) is 0 Å². The van der Waals surface area contributed by atoms with E-state index < -0.39 is 0 Å². The van der Waals surface area contributed by atoms with Gasteiger partial charge in [0.25, 0.3) is 0 Å². The summed E-state index contributed by atoms with van der Waals surface area (Å²) in [4.78, 5) is 4.73. The molecule has 1 heterocycles. The van der Waals surface area contributed by atoms with Crippen molar-refractivity contribution < 1.29 is 10.2 Å².